The summed E-state index contributed by atoms with van der Waals surface area (Å²) in [5.74, 6) is 0.938. The summed E-state index contributed by atoms with van der Waals surface area (Å²) >= 11 is 3.42. The highest BCUT2D eigenvalue weighted by atomic mass is 79.9. The van der Waals surface area contributed by atoms with E-state index in [4.69, 9.17) is 9.47 Å². The summed E-state index contributed by atoms with van der Waals surface area (Å²) in [4.78, 5) is 12.1. The summed E-state index contributed by atoms with van der Waals surface area (Å²) in [6.45, 7) is 2.01. The minimum absolute atomic E-state index is 0.163. The van der Waals surface area contributed by atoms with Gasteiger partial charge in [0.1, 0.15) is 11.9 Å². The van der Waals surface area contributed by atoms with Crippen LogP contribution in [0.4, 0.5) is 0 Å². The summed E-state index contributed by atoms with van der Waals surface area (Å²) in [5.41, 5.74) is 0.982. The van der Waals surface area contributed by atoms with Crippen LogP contribution in [0.2, 0.25) is 0 Å². The maximum Gasteiger partial charge on any atom is 0.165 e. The molecule has 1 aromatic rings. The summed E-state index contributed by atoms with van der Waals surface area (Å²) < 4.78 is 11.6. The van der Waals surface area contributed by atoms with E-state index in [1.54, 1.807) is 7.11 Å². The zero-order chi connectivity index (χ0) is 13.1. The molecule has 2 rings (SSSR count). The third-order valence-corrected chi connectivity index (χ3v) is 3.81. The topological polar surface area (TPSA) is 35.5 Å². The van der Waals surface area contributed by atoms with Gasteiger partial charge in [-0.15, -0.1) is 0 Å². The quantitative estimate of drug-likeness (QED) is 0.857. The van der Waals surface area contributed by atoms with Crippen molar-refractivity contribution in [3.63, 3.8) is 0 Å². The van der Waals surface area contributed by atoms with Crippen molar-refractivity contribution >= 4 is 21.7 Å². The van der Waals surface area contributed by atoms with E-state index in [1.807, 2.05) is 25.1 Å². The number of ketones is 1. The van der Waals surface area contributed by atoms with Gasteiger partial charge in [0, 0.05) is 6.42 Å². The Morgan fingerprint density at radius 3 is 2.83 bits per heavy atom. The van der Waals surface area contributed by atoms with Crippen LogP contribution in [0.15, 0.2) is 22.7 Å². The van der Waals surface area contributed by atoms with Gasteiger partial charge in [0.25, 0.3) is 0 Å². The van der Waals surface area contributed by atoms with E-state index in [0.29, 0.717) is 6.42 Å². The van der Waals surface area contributed by atoms with E-state index in [2.05, 4.69) is 15.9 Å². The lowest BCUT2D eigenvalue weighted by atomic mass is 10.0. The molecule has 1 saturated heterocycles. The van der Waals surface area contributed by atoms with Gasteiger partial charge in [0.05, 0.1) is 17.7 Å². The van der Waals surface area contributed by atoms with Crippen molar-refractivity contribution in [3.05, 3.63) is 28.2 Å². The second-order valence-electron chi connectivity index (χ2n) is 4.62. The van der Waals surface area contributed by atoms with Crippen molar-refractivity contribution in [2.24, 2.45) is 0 Å². The zero-order valence-electron chi connectivity index (χ0n) is 10.6. The Kier molecular flexibility index (Phi) is 4.40. The molecule has 0 bridgehead atoms. The summed E-state index contributed by atoms with van der Waals surface area (Å²) in [6, 6.07) is 5.71. The Labute approximate surface area is 116 Å². The molecule has 18 heavy (non-hydrogen) atoms. The third-order valence-electron chi connectivity index (χ3n) is 3.19. The number of hydrogen-bond donors (Lipinski definition) is 0. The first-order valence-corrected chi connectivity index (χ1v) is 6.90. The average molecular weight is 313 g/mol. The molecule has 1 fully saturated rings. The molecule has 2 atom stereocenters. The first-order chi connectivity index (χ1) is 8.60. The molecule has 0 spiro atoms. The van der Waals surface area contributed by atoms with Gasteiger partial charge < -0.3 is 9.47 Å². The number of ether oxygens (including phenoxy) is 2. The maximum atomic E-state index is 12.1. The first kappa shape index (κ1) is 13.6. The van der Waals surface area contributed by atoms with Crippen molar-refractivity contribution in [2.45, 2.75) is 38.4 Å². The summed E-state index contributed by atoms with van der Waals surface area (Å²) in [7, 11) is 1.62. The highest BCUT2D eigenvalue weighted by Gasteiger charge is 2.27. The Balaban J connectivity index is 2.01. The van der Waals surface area contributed by atoms with Crippen LogP contribution in [0.25, 0.3) is 0 Å². The third kappa shape index (κ3) is 3.12. The van der Waals surface area contributed by atoms with Crippen LogP contribution in [0.3, 0.4) is 0 Å². The largest absolute Gasteiger partial charge is 0.496 e. The molecule has 3 nitrogen and oxygen atoms in total. The SMILES string of the molecule is COc1ccc(CC(=O)C2CCC(C)O2)cc1Br. The number of rotatable bonds is 4. The Morgan fingerprint density at radius 2 is 2.28 bits per heavy atom. The number of halogens is 1. The molecule has 0 saturated carbocycles. The van der Waals surface area contributed by atoms with Crippen LogP contribution in [0, 0.1) is 0 Å². The van der Waals surface area contributed by atoms with Gasteiger partial charge in [0.15, 0.2) is 5.78 Å². The average Bonchev–Trinajstić information content (AvgIpc) is 2.76. The molecule has 4 heteroatoms. The smallest absolute Gasteiger partial charge is 0.165 e. The van der Waals surface area contributed by atoms with E-state index in [1.165, 1.54) is 0 Å². The number of benzene rings is 1. The lowest BCUT2D eigenvalue weighted by Crippen LogP contribution is -2.22. The molecule has 0 aromatic heterocycles. The number of methoxy groups -OCH3 is 1. The molecule has 1 aromatic carbocycles. The second kappa shape index (κ2) is 5.85. The lowest BCUT2D eigenvalue weighted by Gasteiger charge is -2.11. The van der Waals surface area contributed by atoms with Gasteiger partial charge in [-0.2, -0.15) is 0 Å². The molecule has 2 unspecified atom stereocenters. The van der Waals surface area contributed by atoms with Crippen molar-refractivity contribution in [1.29, 1.82) is 0 Å². The molecule has 1 aliphatic heterocycles. The predicted octanol–water partition coefficient (Wildman–Crippen LogP) is 3.14. The minimum Gasteiger partial charge on any atom is -0.496 e. The van der Waals surface area contributed by atoms with Crippen LogP contribution >= 0.6 is 15.9 Å². The Bertz CT molecular complexity index is 445. The molecule has 1 heterocycles. The van der Waals surface area contributed by atoms with E-state index >= 15 is 0 Å². The van der Waals surface area contributed by atoms with Gasteiger partial charge >= 0.3 is 0 Å². The normalized spacial score (nSPS) is 23.1. The molecule has 98 valence electrons. The van der Waals surface area contributed by atoms with Gasteiger partial charge in [-0.1, -0.05) is 6.07 Å². The molecule has 0 N–H and O–H groups in total. The fourth-order valence-corrected chi connectivity index (χ4v) is 2.76. The van der Waals surface area contributed by atoms with Crippen LogP contribution in [0.1, 0.15) is 25.3 Å². The number of carbonyl (C=O) groups is 1. The minimum atomic E-state index is -0.221. The first-order valence-electron chi connectivity index (χ1n) is 6.10. The van der Waals surface area contributed by atoms with Crippen molar-refractivity contribution in [1.82, 2.24) is 0 Å². The molecule has 1 aliphatic rings. The fourth-order valence-electron chi connectivity index (χ4n) is 2.17. The second-order valence-corrected chi connectivity index (χ2v) is 5.48. The standard InChI is InChI=1S/C14H17BrO3/c1-9-3-5-14(18-9)12(16)8-10-4-6-13(17-2)11(15)7-10/h4,6-7,9,14H,3,5,8H2,1-2H3. The van der Waals surface area contributed by atoms with Crippen molar-refractivity contribution < 1.29 is 14.3 Å². The van der Waals surface area contributed by atoms with Crippen LogP contribution in [-0.2, 0) is 16.0 Å². The van der Waals surface area contributed by atoms with Gasteiger partial charge in [-0.25, -0.2) is 0 Å². The van der Waals surface area contributed by atoms with Crippen LogP contribution < -0.4 is 4.74 Å². The van der Waals surface area contributed by atoms with E-state index in [-0.39, 0.29) is 18.0 Å². The van der Waals surface area contributed by atoms with E-state index in [0.717, 1.165) is 28.6 Å². The molecule has 0 amide bonds. The van der Waals surface area contributed by atoms with E-state index in [9.17, 15) is 4.79 Å². The van der Waals surface area contributed by atoms with Gasteiger partial charge in [0.2, 0.25) is 0 Å². The number of hydrogen-bond acceptors (Lipinski definition) is 3. The fraction of sp³-hybridized carbons (Fsp3) is 0.500. The molecular weight excluding hydrogens is 296 g/mol. The van der Waals surface area contributed by atoms with Crippen LogP contribution in [0.5, 0.6) is 5.75 Å². The van der Waals surface area contributed by atoms with Crippen LogP contribution in [-0.4, -0.2) is 25.1 Å². The Hall–Kier alpha value is -0.870. The highest BCUT2D eigenvalue weighted by molar-refractivity contribution is 9.10. The van der Waals surface area contributed by atoms with Crippen molar-refractivity contribution in [3.8, 4) is 5.75 Å². The lowest BCUT2D eigenvalue weighted by molar-refractivity contribution is -0.128. The summed E-state index contributed by atoms with van der Waals surface area (Å²) in [5, 5.41) is 0. The maximum absolute atomic E-state index is 12.1. The molecular formula is C14H17BrO3. The number of carbonyl (C=O) groups excluding carboxylic acids is 1. The Morgan fingerprint density at radius 1 is 1.50 bits per heavy atom. The molecule has 0 aliphatic carbocycles. The highest BCUT2D eigenvalue weighted by Crippen LogP contribution is 2.27. The predicted molar refractivity (Wildman–Crippen MR) is 73.0 cm³/mol. The van der Waals surface area contributed by atoms with Gasteiger partial charge in [-0.05, 0) is 53.4 Å². The van der Waals surface area contributed by atoms with E-state index < -0.39 is 0 Å². The molecule has 0 radical (unpaired) electrons. The zero-order valence-corrected chi connectivity index (χ0v) is 12.2. The van der Waals surface area contributed by atoms with Gasteiger partial charge in [-0.3, -0.25) is 4.79 Å². The summed E-state index contributed by atoms with van der Waals surface area (Å²) in [6.07, 6.45) is 2.22. The monoisotopic (exact) mass is 312 g/mol. The number of Topliss-reactive ketones (excluding diaryl/α,β-unsaturated/α-hetero) is 1. The van der Waals surface area contributed by atoms with Crippen molar-refractivity contribution in [2.75, 3.05) is 7.11 Å².